The van der Waals surface area contributed by atoms with E-state index in [1.807, 2.05) is 31.2 Å². The average molecular weight is 354 g/mol. The van der Waals surface area contributed by atoms with E-state index in [2.05, 4.69) is 11.6 Å². The van der Waals surface area contributed by atoms with Crippen molar-refractivity contribution in [1.82, 2.24) is 9.03 Å². The number of nitrogens with zero attached hydrogens (tertiary/aromatic N) is 1. The first kappa shape index (κ1) is 18.9. The SMILES string of the molecule is COC(=O)C[C@H](NS(=O)(=O)N1CCC(C)CC1)c1ccc(C)cc1. The molecule has 2 rings (SSSR count). The number of piperidine rings is 1. The zero-order valence-electron chi connectivity index (χ0n) is 14.5. The van der Waals surface area contributed by atoms with E-state index in [4.69, 9.17) is 4.74 Å². The molecule has 1 aliphatic heterocycles. The topological polar surface area (TPSA) is 75.7 Å². The molecule has 0 bridgehead atoms. The molecule has 1 saturated heterocycles. The molecule has 6 nitrogen and oxygen atoms in total. The molecule has 1 aromatic carbocycles. The first-order valence-corrected chi connectivity index (χ1v) is 9.66. The van der Waals surface area contributed by atoms with Gasteiger partial charge in [0.15, 0.2) is 0 Å². The van der Waals surface area contributed by atoms with Crippen molar-refractivity contribution in [2.45, 2.75) is 39.2 Å². The molecule has 1 heterocycles. The third kappa shape index (κ3) is 5.03. The predicted molar refractivity (Wildman–Crippen MR) is 92.6 cm³/mol. The molecule has 1 N–H and O–H groups in total. The second-order valence-corrected chi connectivity index (χ2v) is 8.15. The number of ether oxygens (including phenoxy) is 1. The van der Waals surface area contributed by atoms with Crippen molar-refractivity contribution in [1.29, 1.82) is 0 Å². The summed E-state index contributed by atoms with van der Waals surface area (Å²) in [5, 5.41) is 0. The summed E-state index contributed by atoms with van der Waals surface area (Å²) in [5.74, 6) is 0.0926. The van der Waals surface area contributed by atoms with E-state index < -0.39 is 22.2 Å². The smallest absolute Gasteiger partial charge is 0.307 e. The highest BCUT2D eigenvalue weighted by molar-refractivity contribution is 7.87. The molecule has 1 aromatic rings. The summed E-state index contributed by atoms with van der Waals surface area (Å²) in [5.41, 5.74) is 1.82. The molecule has 1 aliphatic rings. The Morgan fingerprint density at radius 3 is 2.42 bits per heavy atom. The second-order valence-electron chi connectivity index (χ2n) is 6.45. The first-order valence-electron chi connectivity index (χ1n) is 8.22. The van der Waals surface area contributed by atoms with Crippen molar-refractivity contribution < 1.29 is 17.9 Å². The van der Waals surface area contributed by atoms with E-state index >= 15 is 0 Å². The van der Waals surface area contributed by atoms with Crippen LogP contribution in [0, 0.1) is 12.8 Å². The molecular formula is C17H26N2O4S. The predicted octanol–water partition coefficient (Wildman–Crippen LogP) is 2.17. The van der Waals surface area contributed by atoms with E-state index in [1.54, 1.807) is 0 Å². The van der Waals surface area contributed by atoms with Crippen molar-refractivity contribution in [3.8, 4) is 0 Å². The number of hydrogen-bond donors (Lipinski definition) is 1. The van der Waals surface area contributed by atoms with E-state index in [0.717, 1.165) is 24.0 Å². The van der Waals surface area contributed by atoms with Gasteiger partial charge in [-0.2, -0.15) is 17.4 Å². The zero-order valence-corrected chi connectivity index (χ0v) is 15.3. The summed E-state index contributed by atoms with van der Waals surface area (Å²) in [4.78, 5) is 11.7. The average Bonchev–Trinajstić information content (AvgIpc) is 2.55. The van der Waals surface area contributed by atoms with Crippen molar-refractivity contribution in [2.75, 3.05) is 20.2 Å². The van der Waals surface area contributed by atoms with Crippen LogP contribution < -0.4 is 4.72 Å². The maximum Gasteiger partial charge on any atom is 0.307 e. The molecule has 0 spiro atoms. The molecule has 24 heavy (non-hydrogen) atoms. The van der Waals surface area contributed by atoms with Gasteiger partial charge in [0.2, 0.25) is 0 Å². The molecular weight excluding hydrogens is 328 g/mol. The fourth-order valence-electron chi connectivity index (χ4n) is 2.76. The maximum absolute atomic E-state index is 12.7. The Kier molecular flexibility index (Phi) is 6.37. The maximum atomic E-state index is 12.7. The van der Waals surface area contributed by atoms with Crippen LogP contribution in [0.5, 0.6) is 0 Å². The standard InChI is InChI=1S/C17H26N2O4S/c1-13-4-6-15(7-5-13)16(12-17(20)23-3)18-24(21,22)19-10-8-14(2)9-11-19/h4-7,14,16,18H,8-12H2,1-3H3/t16-/m0/s1. The molecule has 1 atom stereocenters. The van der Waals surface area contributed by atoms with Crippen LogP contribution >= 0.6 is 0 Å². The van der Waals surface area contributed by atoms with Gasteiger partial charge >= 0.3 is 5.97 Å². The van der Waals surface area contributed by atoms with Gasteiger partial charge in [-0.15, -0.1) is 0 Å². The monoisotopic (exact) mass is 354 g/mol. The van der Waals surface area contributed by atoms with Crippen LogP contribution in [0.3, 0.4) is 0 Å². The van der Waals surface area contributed by atoms with Crippen LogP contribution in [0.1, 0.15) is 43.4 Å². The van der Waals surface area contributed by atoms with Crippen molar-refractivity contribution in [3.63, 3.8) is 0 Å². The first-order chi connectivity index (χ1) is 11.3. The van der Waals surface area contributed by atoms with Crippen LogP contribution in [-0.4, -0.2) is 38.9 Å². The number of esters is 1. The minimum Gasteiger partial charge on any atom is -0.469 e. The van der Waals surface area contributed by atoms with Crippen LogP contribution in [0.25, 0.3) is 0 Å². The van der Waals surface area contributed by atoms with Gasteiger partial charge in [0.05, 0.1) is 19.6 Å². The minimum absolute atomic E-state index is 0.0387. The lowest BCUT2D eigenvalue weighted by Gasteiger charge is -2.31. The van der Waals surface area contributed by atoms with Gasteiger partial charge in [-0.1, -0.05) is 36.8 Å². The van der Waals surface area contributed by atoms with Crippen molar-refractivity contribution >= 4 is 16.2 Å². The van der Waals surface area contributed by atoms with E-state index in [9.17, 15) is 13.2 Å². The Bertz CT molecular complexity index is 650. The van der Waals surface area contributed by atoms with E-state index in [0.29, 0.717) is 19.0 Å². The zero-order chi connectivity index (χ0) is 17.7. The van der Waals surface area contributed by atoms with Gasteiger partial charge in [0.1, 0.15) is 0 Å². The van der Waals surface area contributed by atoms with Crippen LogP contribution in [0.15, 0.2) is 24.3 Å². The number of rotatable bonds is 6. The highest BCUT2D eigenvalue weighted by Crippen LogP contribution is 2.23. The van der Waals surface area contributed by atoms with Gasteiger partial charge in [0.25, 0.3) is 10.2 Å². The highest BCUT2D eigenvalue weighted by Gasteiger charge is 2.30. The number of aryl methyl sites for hydroxylation is 1. The number of carbonyl (C=O) groups is 1. The molecule has 1 fully saturated rings. The largest absolute Gasteiger partial charge is 0.469 e. The lowest BCUT2D eigenvalue weighted by molar-refractivity contribution is -0.141. The molecule has 0 saturated carbocycles. The van der Waals surface area contributed by atoms with Crippen LogP contribution in [0.2, 0.25) is 0 Å². The molecule has 0 unspecified atom stereocenters. The van der Waals surface area contributed by atoms with Gasteiger partial charge in [-0.25, -0.2) is 0 Å². The second kappa shape index (κ2) is 8.09. The number of nitrogens with one attached hydrogen (secondary N) is 1. The van der Waals surface area contributed by atoms with E-state index in [1.165, 1.54) is 11.4 Å². The van der Waals surface area contributed by atoms with Gasteiger partial charge < -0.3 is 4.74 Å². The number of hydrogen-bond acceptors (Lipinski definition) is 4. The summed E-state index contributed by atoms with van der Waals surface area (Å²) in [7, 11) is -2.34. The van der Waals surface area contributed by atoms with Crippen molar-refractivity contribution in [3.05, 3.63) is 35.4 Å². The Morgan fingerprint density at radius 1 is 1.29 bits per heavy atom. The lowest BCUT2D eigenvalue weighted by Crippen LogP contribution is -2.46. The van der Waals surface area contributed by atoms with Crippen molar-refractivity contribution in [2.24, 2.45) is 5.92 Å². The Hall–Kier alpha value is -1.44. The number of benzene rings is 1. The fourth-order valence-corrected chi connectivity index (χ4v) is 4.18. The Labute approximate surface area is 144 Å². The minimum atomic E-state index is -3.64. The number of carbonyl (C=O) groups excluding carboxylic acids is 1. The summed E-state index contributed by atoms with van der Waals surface area (Å²) in [6.07, 6.45) is 1.67. The summed E-state index contributed by atoms with van der Waals surface area (Å²) in [6, 6.07) is 6.84. The molecule has 7 heteroatoms. The van der Waals surface area contributed by atoms with Gasteiger partial charge in [-0.05, 0) is 31.2 Å². The Balaban J connectivity index is 2.17. The summed E-state index contributed by atoms with van der Waals surface area (Å²) >= 11 is 0. The summed E-state index contributed by atoms with van der Waals surface area (Å²) < 4.78 is 34.2. The van der Waals surface area contributed by atoms with Gasteiger partial charge in [-0.3, -0.25) is 4.79 Å². The third-order valence-corrected chi connectivity index (χ3v) is 6.08. The highest BCUT2D eigenvalue weighted by atomic mass is 32.2. The van der Waals surface area contributed by atoms with Gasteiger partial charge in [0, 0.05) is 13.1 Å². The molecule has 0 aromatic heterocycles. The summed E-state index contributed by atoms with van der Waals surface area (Å²) in [6.45, 7) is 5.10. The van der Waals surface area contributed by atoms with E-state index in [-0.39, 0.29) is 6.42 Å². The quantitative estimate of drug-likeness (QED) is 0.795. The molecule has 0 radical (unpaired) electrons. The number of methoxy groups -OCH3 is 1. The lowest BCUT2D eigenvalue weighted by atomic mass is 10.0. The van der Waals surface area contributed by atoms with Crippen LogP contribution in [-0.2, 0) is 19.7 Å². The molecule has 0 amide bonds. The molecule has 0 aliphatic carbocycles. The van der Waals surface area contributed by atoms with Crippen LogP contribution in [0.4, 0.5) is 0 Å². The third-order valence-electron chi connectivity index (χ3n) is 4.45. The fraction of sp³-hybridized carbons (Fsp3) is 0.588. The normalized spacial score (nSPS) is 18.3. The Morgan fingerprint density at radius 2 is 1.88 bits per heavy atom. The molecule has 134 valence electrons.